The monoisotopic (exact) mass is 410 g/mol. The van der Waals surface area contributed by atoms with Gasteiger partial charge in [-0.25, -0.2) is 9.37 Å². The van der Waals surface area contributed by atoms with Gasteiger partial charge in [0, 0.05) is 10.6 Å². The third-order valence-electron chi connectivity index (χ3n) is 3.29. The predicted molar refractivity (Wildman–Crippen MR) is 99.4 cm³/mol. The molecule has 10 heteroatoms. The number of halogens is 3. The van der Waals surface area contributed by atoms with Gasteiger partial charge in [-0.1, -0.05) is 35.7 Å². The molecule has 0 spiro atoms. The normalized spacial score (nSPS) is 11.0. The number of nitrogens with zero attached hydrogens (tertiary/aromatic N) is 2. The quantitative estimate of drug-likeness (QED) is 0.555. The number of carbonyl (C=O) groups excluding carboxylic acids is 1. The summed E-state index contributed by atoms with van der Waals surface area (Å²) in [6.45, 7) is 0. The Morgan fingerprint density at radius 1 is 1.15 bits per heavy atom. The van der Waals surface area contributed by atoms with Crippen LogP contribution in [-0.4, -0.2) is 32.6 Å². The number of anilines is 1. The Labute approximate surface area is 161 Å². The summed E-state index contributed by atoms with van der Waals surface area (Å²) in [7, 11) is 0. The molecule has 0 saturated heterocycles. The van der Waals surface area contributed by atoms with Crippen LogP contribution in [0.1, 0.15) is 0 Å². The number of alkyl halides is 2. The molecule has 0 aliphatic rings. The number of rotatable bonds is 7. The fourth-order valence-electron chi connectivity index (χ4n) is 2.13. The summed E-state index contributed by atoms with van der Waals surface area (Å²) in [5.41, 5.74) is 0.796. The molecule has 3 aromatic rings. The SMILES string of the molecule is O=C(CSc1n[nH]c(-c2ccccc2F)n1)Nc1ccc(SC(F)F)cc1. The zero-order valence-corrected chi connectivity index (χ0v) is 15.3. The Morgan fingerprint density at radius 2 is 1.89 bits per heavy atom. The van der Waals surface area contributed by atoms with Gasteiger partial charge in [-0.3, -0.25) is 9.89 Å². The Hall–Kier alpha value is -2.46. The number of thioether (sulfide) groups is 2. The van der Waals surface area contributed by atoms with Crippen molar-refractivity contribution in [1.29, 1.82) is 0 Å². The molecule has 3 rings (SSSR count). The highest BCUT2D eigenvalue weighted by Crippen LogP contribution is 2.26. The zero-order chi connectivity index (χ0) is 19.2. The lowest BCUT2D eigenvalue weighted by Crippen LogP contribution is -2.14. The summed E-state index contributed by atoms with van der Waals surface area (Å²) in [6.07, 6.45) is 0. The average molecular weight is 410 g/mol. The van der Waals surface area contributed by atoms with E-state index in [1.807, 2.05) is 0 Å². The number of aromatic nitrogens is 3. The second kappa shape index (κ2) is 8.96. The first-order valence-corrected chi connectivity index (χ1v) is 9.52. The van der Waals surface area contributed by atoms with E-state index in [0.29, 0.717) is 33.1 Å². The van der Waals surface area contributed by atoms with E-state index in [-0.39, 0.29) is 17.5 Å². The van der Waals surface area contributed by atoms with Crippen molar-refractivity contribution in [3.8, 4) is 11.4 Å². The molecule has 2 N–H and O–H groups in total. The molecule has 1 amide bonds. The largest absolute Gasteiger partial charge is 0.325 e. The number of benzene rings is 2. The van der Waals surface area contributed by atoms with Crippen LogP contribution in [0.3, 0.4) is 0 Å². The summed E-state index contributed by atoms with van der Waals surface area (Å²) in [4.78, 5) is 16.6. The standard InChI is InChI=1S/C17H13F3N4OS2/c18-13-4-2-1-3-12(13)15-22-17(24-23-15)26-9-14(25)21-10-5-7-11(8-6-10)27-16(19)20/h1-8,16H,9H2,(H,21,25)(H,22,23,24). The molecule has 0 atom stereocenters. The number of aromatic amines is 1. The van der Waals surface area contributed by atoms with Gasteiger partial charge in [-0.15, -0.1) is 5.10 Å². The second-order valence-electron chi connectivity index (χ2n) is 5.19. The van der Waals surface area contributed by atoms with E-state index in [1.165, 1.54) is 18.2 Å². The lowest BCUT2D eigenvalue weighted by molar-refractivity contribution is -0.113. The van der Waals surface area contributed by atoms with E-state index in [4.69, 9.17) is 0 Å². The van der Waals surface area contributed by atoms with E-state index in [0.717, 1.165) is 11.8 Å². The van der Waals surface area contributed by atoms with Crippen molar-refractivity contribution in [2.24, 2.45) is 0 Å². The van der Waals surface area contributed by atoms with E-state index < -0.39 is 11.6 Å². The summed E-state index contributed by atoms with van der Waals surface area (Å²) in [5.74, 6) is -2.88. The van der Waals surface area contributed by atoms with Gasteiger partial charge < -0.3 is 5.32 Å². The third-order valence-corrected chi connectivity index (χ3v) is 4.86. The number of nitrogens with one attached hydrogen (secondary N) is 2. The molecule has 0 unspecified atom stereocenters. The van der Waals surface area contributed by atoms with Crippen LogP contribution >= 0.6 is 23.5 Å². The lowest BCUT2D eigenvalue weighted by Gasteiger charge is -2.05. The predicted octanol–water partition coefficient (Wildman–Crippen LogP) is 4.66. The van der Waals surface area contributed by atoms with E-state index in [1.54, 1.807) is 30.3 Å². The molecule has 140 valence electrons. The fourth-order valence-corrected chi connectivity index (χ4v) is 3.23. The molecular formula is C17H13F3N4OS2. The zero-order valence-electron chi connectivity index (χ0n) is 13.7. The molecule has 1 heterocycles. The molecule has 0 bridgehead atoms. The topological polar surface area (TPSA) is 70.7 Å². The van der Waals surface area contributed by atoms with Crippen LogP contribution in [0.25, 0.3) is 11.4 Å². The van der Waals surface area contributed by atoms with Crippen LogP contribution in [-0.2, 0) is 4.79 Å². The Bertz CT molecular complexity index is 919. The summed E-state index contributed by atoms with van der Waals surface area (Å²) in [5, 5.41) is 9.57. The van der Waals surface area contributed by atoms with Crippen LogP contribution in [0.2, 0.25) is 0 Å². The molecular weight excluding hydrogens is 397 g/mol. The van der Waals surface area contributed by atoms with Gasteiger partial charge in [0.2, 0.25) is 11.1 Å². The first-order valence-electron chi connectivity index (χ1n) is 7.66. The van der Waals surface area contributed by atoms with Crippen molar-refractivity contribution in [1.82, 2.24) is 15.2 Å². The number of amides is 1. The van der Waals surface area contributed by atoms with Crippen molar-refractivity contribution in [3.63, 3.8) is 0 Å². The van der Waals surface area contributed by atoms with Gasteiger partial charge in [0.05, 0.1) is 11.3 Å². The minimum atomic E-state index is -2.49. The smallest absolute Gasteiger partial charge is 0.288 e. The minimum Gasteiger partial charge on any atom is -0.325 e. The third kappa shape index (κ3) is 5.51. The van der Waals surface area contributed by atoms with Crippen molar-refractivity contribution >= 4 is 35.1 Å². The van der Waals surface area contributed by atoms with Gasteiger partial charge in [0.15, 0.2) is 5.82 Å². The van der Waals surface area contributed by atoms with Gasteiger partial charge in [0.1, 0.15) is 5.82 Å². The van der Waals surface area contributed by atoms with Crippen LogP contribution in [0, 0.1) is 5.82 Å². The van der Waals surface area contributed by atoms with Gasteiger partial charge in [-0.2, -0.15) is 8.78 Å². The van der Waals surface area contributed by atoms with Crippen molar-refractivity contribution in [2.75, 3.05) is 11.1 Å². The molecule has 1 aromatic heterocycles. The lowest BCUT2D eigenvalue weighted by atomic mass is 10.2. The highest BCUT2D eigenvalue weighted by atomic mass is 32.2. The summed E-state index contributed by atoms with van der Waals surface area (Å²) >= 11 is 1.53. The number of hydrogen-bond donors (Lipinski definition) is 2. The molecule has 2 aromatic carbocycles. The maximum Gasteiger partial charge on any atom is 0.288 e. The minimum absolute atomic E-state index is 0.0438. The van der Waals surface area contributed by atoms with E-state index in [9.17, 15) is 18.0 Å². The number of H-pyrrole nitrogens is 1. The van der Waals surface area contributed by atoms with Gasteiger partial charge in [-0.05, 0) is 36.4 Å². The molecule has 0 fully saturated rings. The highest BCUT2D eigenvalue weighted by Gasteiger charge is 2.12. The average Bonchev–Trinajstić information content (AvgIpc) is 3.10. The van der Waals surface area contributed by atoms with Crippen molar-refractivity contribution in [2.45, 2.75) is 15.8 Å². The van der Waals surface area contributed by atoms with E-state index >= 15 is 0 Å². The van der Waals surface area contributed by atoms with Gasteiger partial charge >= 0.3 is 0 Å². The number of hydrogen-bond acceptors (Lipinski definition) is 5. The Morgan fingerprint density at radius 3 is 2.59 bits per heavy atom. The molecule has 0 aliphatic carbocycles. The Balaban J connectivity index is 1.53. The molecule has 0 radical (unpaired) electrons. The van der Waals surface area contributed by atoms with Crippen LogP contribution in [0.4, 0.5) is 18.9 Å². The van der Waals surface area contributed by atoms with Crippen LogP contribution < -0.4 is 5.32 Å². The highest BCUT2D eigenvalue weighted by molar-refractivity contribution is 8.00. The molecule has 27 heavy (non-hydrogen) atoms. The van der Waals surface area contributed by atoms with Crippen molar-refractivity contribution < 1.29 is 18.0 Å². The summed E-state index contributed by atoms with van der Waals surface area (Å²) in [6, 6.07) is 12.3. The molecule has 0 saturated carbocycles. The maximum atomic E-state index is 13.7. The van der Waals surface area contributed by atoms with Gasteiger partial charge in [0.25, 0.3) is 5.76 Å². The van der Waals surface area contributed by atoms with E-state index in [2.05, 4.69) is 20.5 Å². The second-order valence-corrected chi connectivity index (χ2v) is 7.19. The first kappa shape index (κ1) is 19.3. The van der Waals surface area contributed by atoms with Crippen LogP contribution in [0.5, 0.6) is 0 Å². The fraction of sp³-hybridized carbons (Fsp3) is 0.118. The Kier molecular flexibility index (Phi) is 6.40. The maximum absolute atomic E-state index is 13.7. The summed E-state index contributed by atoms with van der Waals surface area (Å²) < 4.78 is 38.3. The molecule has 5 nitrogen and oxygen atoms in total. The van der Waals surface area contributed by atoms with Crippen molar-refractivity contribution in [3.05, 3.63) is 54.3 Å². The van der Waals surface area contributed by atoms with Crippen LogP contribution in [0.15, 0.2) is 58.6 Å². The first-order chi connectivity index (χ1) is 13.0. The number of carbonyl (C=O) groups is 1. The molecule has 0 aliphatic heterocycles.